The molecular weight excluding hydrogens is 264 g/mol. The van der Waals surface area contributed by atoms with Gasteiger partial charge < -0.3 is 15.8 Å². The zero-order chi connectivity index (χ0) is 14.3. The molecule has 0 atom stereocenters. The van der Waals surface area contributed by atoms with E-state index in [1.807, 2.05) is 38.1 Å². The summed E-state index contributed by atoms with van der Waals surface area (Å²) in [5, 5.41) is 4.08. The second-order valence-electron chi connectivity index (χ2n) is 5.05. The Bertz CT molecular complexity index is 422. The summed E-state index contributed by atoms with van der Waals surface area (Å²) < 4.78 is 5.01. The molecule has 0 saturated carbocycles. The SMILES string of the molecule is CC(C)(CCCNCc1ccccc1Cl)OC(N)=O. The molecular formula is C14H21ClN2O2. The van der Waals surface area contributed by atoms with E-state index in [0.717, 1.165) is 36.5 Å². The Balaban J connectivity index is 2.21. The smallest absolute Gasteiger partial charge is 0.405 e. The van der Waals surface area contributed by atoms with Crippen LogP contribution in [0.2, 0.25) is 5.02 Å². The van der Waals surface area contributed by atoms with Crippen LogP contribution >= 0.6 is 11.6 Å². The Morgan fingerprint density at radius 1 is 1.42 bits per heavy atom. The maximum atomic E-state index is 10.7. The van der Waals surface area contributed by atoms with E-state index >= 15 is 0 Å². The number of nitrogens with one attached hydrogen (secondary N) is 1. The quantitative estimate of drug-likeness (QED) is 0.756. The van der Waals surface area contributed by atoms with Crippen LogP contribution in [0.4, 0.5) is 4.79 Å². The van der Waals surface area contributed by atoms with Crippen LogP contribution in [-0.4, -0.2) is 18.2 Å². The predicted octanol–water partition coefficient (Wildman–Crippen LogP) is 3.08. The minimum absolute atomic E-state index is 0.516. The van der Waals surface area contributed by atoms with E-state index in [-0.39, 0.29) is 0 Å². The molecule has 0 bridgehead atoms. The van der Waals surface area contributed by atoms with Gasteiger partial charge in [0.1, 0.15) is 5.60 Å². The van der Waals surface area contributed by atoms with Crippen LogP contribution in [-0.2, 0) is 11.3 Å². The van der Waals surface area contributed by atoms with Gasteiger partial charge >= 0.3 is 6.09 Å². The van der Waals surface area contributed by atoms with Crippen molar-refractivity contribution in [1.82, 2.24) is 5.32 Å². The molecule has 0 aliphatic rings. The van der Waals surface area contributed by atoms with Gasteiger partial charge in [-0.15, -0.1) is 0 Å². The minimum atomic E-state index is -0.728. The highest BCUT2D eigenvalue weighted by Gasteiger charge is 2.20. The number of primary amides is 1. The van der Waals surface area contributed by atoms with Gasteiger partial charge in [0.25, 0.3) is 0 Å². The Hall–Kier alpha value is -1.26. The van der Waals surface area contributed by atoms with Crippen molar-refractivity contribution in [2.24, 2.45) is 5.73 Å². The lowest BCUT2D eigenvalue weighted by molar-refractivity contribution is 0.0377. The van der Waals surface area contributed by atoms with Crippen molar-refractivity contribution in [3.05, 3.63) is 34.9 Å². The number of hydrogen-bond donors (Lipinski definition) is 2. The molecule has 3 N–H and O–H groups in total. The highest BCUT2D eigenvalue weighted by Crippen LogP contribution is 2.17. The molecule has 0 fully saturated rings. The molecule has 0 aliphatic heterocycles. The molecule has 19 heavy (non-hydrogen) atoms. The summed E-state index contributed by atoms with van der Waals surface area (Å²) in [4.78, 5) is 10.7. The Labute approximate surface area is 119 Å². The van der Waals surface area contributed by atoms with Crippen LogP contribution in [0.25, 0.3) is 0 Å². The summed E-state index contributed by atoms with van der Waals surface area (Å²) in [5.74, 6) is 0. The van der Waals surface area contributed by atoms with E-state index in [9.17, 15) is 4.79 Å². The van der Waals surface area contributed by atoms with E-state index in [1.165, 1.54) is 0 Å². The van der Waals surface area contributed by atoms with E-state index in [4.69, 9.17) is 22.1 Å². The van der Waals surface area contributed by atoms with E-state index < -0.39 is 11.7 Å². The summed E-state index contributed by atoms with van der Waals surface area (Å²) in [6, 6.07) is 7.75. The van der Waals surface area contributed by atoms with Crippen LogP contribution in [0, 0.1) is 0 Å². The van der Waals surface area contributed by atoms with Crippen molar-refractivity contribution in [2.75, 3.05) is 6.54 Å². The van der Waals surface area contributed by atoms with Crippen molar-refractivity contribution in [3.63, 3.8) is 0 Å². The molecule has 1 rings (SSSR count). The predicted molar refractivity (Wildman–Crippen MR) is 77.1 cm³/mol. The number of amides is 1. The number of ether oxygens (including phenoxy) is 1. The van der Waals surface area contributed by atoms with Crippen LogP contribution in [0.1, 0.15) is 32.3 Å². The normalized spacial score (nSPS) is 11.3. The van der Waals surface area contributed by atoms with Crippen molar-refractivity contribution < 1.29 is 9.53 Å². The van der Waals surface area contributed by atoms with Gasteiger partial charge in [0.05, 0.1) is 0 Å². The van der Waals surface area contributed by atoms with E-state index in [0.29, 0.717) is 0 Å². The van der Waals surface area contributed by atoms with Gasteiger partial charge in [-0.1, -0.05) is 29.8 Å². The first kappa shape index (κ1) is 15.8. The molecule has 4 nitrogen and oxygen atoms in total. The molecule has 106 valence electrons. The van der Waals surface area contributed by atoms with Gasteiger partial charge in [-0.25, -0.2) is 4.79 Å². The lowest BCUT2D eigenvalue weighted by Crippen LogP contribution is -2.32. The molecule has 0 aromatic heterocycles. The van der Waals surface area contributed by atoms with Crippen molar-refractivity contribution in [2.45, 2.75) is 38.8 Å². The van der Waals surface area contributed by atoms with Crippen LogP contribution in [0.3, 0.4) is 0 Å². The lowest BCUT2D eigenvalue weighted by atomic mass is 10.0. The summed E-state index contributed by atoms with van der Waals surface area (Å²) in [6.07, 6.45) is 0.921. The first-order valence-electron chi connectivity index (χ1n) is 6.33. The molecule has 1 aromatic rings. The number of carbonyl (C=O) groups is 1. The third kappa shape index (κ3) is 6.45. The van der Waals surface area contributed by atoms with Gasteiger partial charge in [0.15, 0.2) is 0 Å². The second-order valence-corrected chi connectivity index (χ2v) is 5.46. The summed E-state index contributed by atoms with van der Waals surface area (Å²) in [7, 11) is 0. The molecule has 1 aromatic carbocycles. The molecule has 1 amide bonds. The summed E-state index contributed by atoms with van der Waals surface area (Å²) in [6.45, 7) is 5.27. The second kappa shape index (κ2) is 7.36. The Morgan fingerprint density at radius 3 is 2.74 bits per heavy atom. The molecule has 0 radical (unpaired) electrons. The lowest BCUT2D eigenvalue weighted by Gasteiger charge is -2.23. The van der Waals surface area contributed by atoms with Crippen molar-refractivity contribution in [1.29, 1.82) is 0 Å². The fourth-order valence-electron chi connectivity index (χ4n) is 1.83. The number of benzene rings is 1. The first-order chi connectivity index (χ1) is 8.91. The van der Waals surface area contributed by atoms with Crippen molar-refractivity contribution in [3.8, 4) is 0 Å². The number of carbonyl (C=O) groups excluding carboxylic acids is 1. The third-order valence-corrected chi connectivity index (χ3v) is 3.15. The highest BCUT2D eigenvalue weighted by atomic mass is 35.5. The van der Waals surface area contributed by atoms with Gasteiger partial charge in [0, 0.05) is 11.6 Å². The monoisotopic (exact) mass is 284 g/mol. The van der Waals surface area contributed by atoms with Gasteiger partial charge in [0.2, 0.25) is 0 Å². The number of halogens is 1. The minimum Gasteiger partial charge on any atom is -0.444 e. The molecule has 0 saturated heterocycles. The molecule has 0 spiro atoms. The molecule has 0 aliphatic carbocycles. The van der Waals surface area contributed by atoms with Crippen LogP contribution < -0.4 is 11.1 Å². The largest absolute Gasteiger partial charge is 0.444 e. The standard InChI is InChI=1S/C14H21ClN2O2/c1-14(2,19-13(16)18)8-5-9-17-10-11-6-3-4-7-12(11)15/h3-4,6-7,17H,5,8-10H2,1-2H3,(H2,16,18). The average Bonchev–Trinajstić information content (AvgIpc) is 2.29. The van der Waals surface area contributed by atoms with Gasteiger partial charge in [-0.3, -0.25) is 0 Å². The van der Waals surface area contributed by atoms with Gasteiger partial charge in [-0.2, -0.15) is 0 Å². The fourth-order valence-corrected chi connectivity index (χ4v) is 2.03. The van der Waals surface area contributed by atoms with Crippen molar-refractivity contribution >= 4 is 17.7 Å². The first-order valence-corrected chi connectivity index (χ1v) is 6.71. The average molecular weight is 285 g/mol. The number of hydrogen-bond acceptors (Lipinski definition) is 3. The zero-order valence-corrected chi connectivity index (χ0v) is 12.2. The fraction of sp³-hybridized carbons (Fsp3) is 0.500. The maximum Gasteiger partial charge on any atom is 0.405 e. The van der Waals surface area contributed by atoms with Crippen LogP contribution in [0.15, 0.2) is 24.3 Å². The maximum absolute atomic E-state index is 10.7. The Morgan fingerprint density at radius 2 is 2.11 bits per heavy atom. The van der Waals surface area contributed by atoms with Gasteiger partial charge in [-0.05, 0) is 44.9 Å². The molecule has 0 unspecified atom stereocenters. The Kier molecular flexibility index (Phi) is 6.12. The zero-order valence-electron chi connectivity index (χ0n) is 11.4. The number of nitrogens with two attached hydrogens (primary N) is 1. The summed E-state index contributed by atoms with van der Waals surface area (Å²) in [5.41, 5.74) is 5.57. The van der Waals surface area contributed by atoms with Crippen LogP contribution in [0.5, 0.6) is 0 Å². The summed E-state index contributed by atoms with van der Waals surface area (Å²) >= 11 is 6.06. The highest BCUT2D eigenvalue weighted by molar-refractivity contribution is 6.31. The molecule has 0 heterocycles. The number of rotatable bonds is 7. The van der Waals surface area contributed by atoms with E-state index in [1.54, 1.807) is 0 Å². The topological polar surface area (TPSA) is 64.3 Å². The molecule has 5 heteroatoms. The third-order valence-electron chi connectivity index (χ3n) is 2.78. The van der Waals surface area contributed by atoms with E-state index in [2.05, 4.69) is 5.32 Å².